The highest BCUT2D eigenvalue weighted by Gasteiger charge is 2.20. The SMILES string of the molecule is Cc1csc(C(Br)c2cc(Br)c(Cl)s2)c1Cl. The second-order valence-corrected chi connectivity index (χ2v) is 7.97. The van der Waals surface area contributed by atoms with Gasteiger partial charge in [0.15, 0.2) is 0 Å². The van der Waals surface area contributed by atoms with Crippen LogP contribution in [0, 0.1) is 6.92 Å². The van der Waals surface area contributed by atoms with Gasteiger partial charge in [0.25, 0.3) is 0 Å². The van der Waals surface area contributed by atoms with Crippen LogP contribution >= 0.6 is 77.7 Å². The van der Waals surface area contributed by atoms with Crippen LogP contribution in [-0.2, 0) is 0 Å². The van der Waals surface area contributed by atoms with Crippen molar-refractivity contribution >= 4 is 77.7 Å². The first kappa shape index (κ1) is 13.4. The first-order chi connectivity index (χ1) is 7.50. The lowest BCUT2D eigenvalue weighted by molar-refractivity contribution is 1.28. The number of thiophene rings is 2. The molecule has 2 heterocycles. The van der Waals surface area contributed by atoms with Crippen molar-refractivity contribution in [2.75, 3.05) is 0 Å². The molecule has 0 bridgehead atoms. The van der Waals surface area contributed by atoms with Gasteiger partial charge in [0.1, 0.15) is 4.34 Å². The molecule has 0 amide bonds. The van der Waals surface area contributed by atoms with E-state index < -0.39 is 0 Å². The molecule has 0 nitrogen and oxygen atoms in total. The predicted octanol–water partition coefficient (Wildman–Crippen LogP) is 6.67. The van der Waals surface area contributed by atoms with Crippen LogP contribution < -0.4 is 0 Å². The maximum atomic E-state index is 6.24. The van der Waals surface area contributed by atoms with Gasteiger partial charge in [-0.2, -0.15) is 0 Å². The summed E-state index contributed by atoms with van der Waals surface area (Å²) >= 11 is 22.6. The Hall–Kier alpha value is 0.940. The normalized spacial score (nSPS) is 13.1. The summed E-state index contributed by atoms with van der Waals surface area (Å²) < 4.78 is 1.70. The second kappa shape index (κ2) is 5.29. The molecule has 16 heavy (non-hydrogen) atoms. The van der Waals surface area contributed by atoms with Crippen molar-refractivity contribution in [2.24, 2.45) is 0 Å². The van der Waals surface area contributed by atoms with E-state index in [9.17, 15) is 0 Å². The fraction of sp³-hybridized carbons (Fsp3) is 0.200. The third-order valence-corrected chi connectivity index (χ3v) is 7.95. The van der Waals surface area contributed by atoms with Gasteiger partial charge in [0.2, 0.25) is 0 Å². The van der Waals surface area contributed by atoms with E-state index in [0.29, 0.717) is 0 Å². The van der Waals surface area contributed by atoms with Crippen molar-refractivity contribution in [3.8, 4) is 0 Å². The molecule has 2 rings (SSSR count). The molecule has 1 unspecified atom stereocenters. The van der Waals surface area contributed by atoms with Crippen molar-refractivity contribution in [3.63, 3.8) is 0 Å². The molecule has 2 aromatic rings. The summed E-state index contributed by atoms with van der Waals surface area (Å²) in [5.41, 5.74) is 1.12. The largest absolute Gasteiger partial charge is 0.145 e. The zero-order valence-corrected chi connectivity index (χ0v) is 14.4. The van der Waals surface area contributed by atoms with Crippen molar-refractivity contribution in [1.82, 2.24) is 0 Å². The molecule has 0 aromatic carbocycles. The topological polar surface area (TPSA) is 0 Å². The highest BCUT2D eigenvalue weighted by atomic mass is 79.9. The van der Waals surface area contributed by atoms with Crippen LogP contribution in [0.4, 0.5) is 0 Å². The zero-order chi connectivity index (χ0) is 11.9. The number of hydrogen-bond donors (Lipinski definition) is 0. The van der Waals surface area contributed by atoms with E-state index in [1.165, 1.54) is 0 Å². The van der Waals surface area contributed by atoms with Gasteiger partial charge in [-0.3, -0.25) is 0 Å². The van der Waals surface area contributed by atoms with Crippen LogP contribution in [0.1, 0.15) is 20.1 Å². The lowest BCUT2D eigenvalue weighted by Gasteiger charge is -2.05. The zero-order valence-electron chi connectivity index (χ0n) is 8.06. The van der Waals surface area contributed by atoms with Gasteiger partial charge in [-0.25, -0.2) is 0 Å². The van der Waals surface area contributed by atoms with Crippen molar-refractivity contribution in [2.45, 2.75) is 11.8 Å². The molecule has 0 aliphatic heterocycles. The predicted molar refractivity (Wildman–Crippen MR) is 81.9 cm³/mol. The number of rotatable bonds is 2. The molecule has 86 valence electrons. The number of halogens is 4. The van der Waals surface area contributed by atoms with E-state index in [0.717, 1.165) is 29.1 Å². The Balaban J connectivity index is 2.38. The smallest absolute Gasteiger partial charge is 0.107 e. The summed E-state index contributed by atoms with van der Waals surface area (Å²) in [4.78, 5) is 2.40. The Morgan fingerprint density at radius 3 is 2.50 bits per heavy atom. The number of aryl methyl sites for hydroxylation is 1. The van der Waals surface area contributed by atoms with E-state index in [4.69, 9.17) is 23.2 Å². The monoisotopic (exact) mass is 418 g/mol. The van der Waals surface area contributed by atoms with Crippen molar-refractivity contribution < 1.29 is 0 Å². The van der Waals surface area contributed by atoms with Gasteiger partial charge in [-0.05, 0) is 39.9 Å². The van der Waals surface area contributed by atoms with Gasteiger partial charge in [-0.1, -0.05) is 39.1 Å². The average Bonchev–Trinajstić information content (AvgIpc) is 2.73. The van der Waals surface area contributed by atoms with Gasteiger partial charge >= 0.3 is 0 Å². The van der Waals surface area contributed by atoms with E-state index >= 15 is 0 Å². The van der Waals surface area contributed by atoms with Crippen LogP contribution in [0.2, 0.25) is 9.36 Å². The van der Waals surface area contributed by atoms with E-state index in [-0.39, 0.29) is 4.83 Å². The Bertz CT molecular complexity index is 499. The van der Waals surface area contributed by atoms with E-state index in [1.807, 2.05) is 13.0 Å². The fourth-order valence-electron chi connectivity index (χ4n) is 1.24. The number of alkyl halides is 1. The minimum Gasteiger partial charge on any atom is -0.145 e. The van der Waals surface area contributed by atoms with Crippen LogP contribution in [0.3, 0.4) is 0 Å². The Morgan fingerprint density at radius 2 is 2.06 bits per heavy atom. The quantitative estimate of drug-likeness (QED) is 0.476. The maximum absolute atomic E-state index is 6.24. The molecular formula is C10H6Br2Cl2S2. The molecule has 0 fully saturated rings. The minimum atomic E-state index is 0.118. The maximum Gasteiger partial charge on any atom is 0.107 e. The van der Waals surface area contributed by atoms with Crippen molar-refractivity contribution in [1.29, 1.82) is 0 Å². The molecule has 0 saturated carbocycles. The minimum absolute atomic E-state index is 0.118. The van der Waals surface area contributed by atoms with Crippen LogP contribution in [-0.4, -0.2) is 0 Å². The van der Waals surface area contributed by atoms with Gasteiger partial charge in [0, 0.05) is 14.2 Å². The third-order valence-electron chi connectivity index (χ3n) is 2.07. The standard InChI is InChI=1S/C10H6Br2Cl2S2/c1-4-3-15-9(8(4)13)7(12)6-2-5(11)10(14)16-6/h2-3,7H,1H3. The summed E-state index contributed by atoms with van der Waals surface area (Å²) in [5.74, 6) is 0. The first-order valence-electron chi connectivity index (χ1n) is 4.33. The summed E-state index contributed by atoms with van der Waals surface area (Å²) in [6.07, 6.45) is 0. The molecule has 0 radical (unpaired) electrons. The highest BCUT2D eigenvalue weighted by Crippen LogP contribution is 2.45. The molecule has 0 aliphatic rings. The van der Waals surface area contributed by atoms with Gasteiger partial charge < -0.3 is 0 Å². The molecule has 1 atom stereocenters. The third kappa shape index (κ3) is 2.52. The highest BCUT2D eigenvalue weighted by molar-refractivity contribution is 9.10. The molecule has 0 saturated heterocycles. The molecule has 6 heteroatoms. The molecule has 0 N–H and O–H groups in total. The van der Waals surface area contributed by atoms with Crippen LogP contribution in [0.25, 0.3) is 0 Å². The summed E-state index contributed by atoms with van der Waals surface area (Å²) in [6.45, 7) is 2.01. The molecule has 0 aliphatic carbocycles. The summed E-state index contributed by atoms with van der Waals surface area (Å²) in [7, 11) is 0. The Labute approximate surface area is 129 Å². The molecular weight excluding hydrogens is 415 g/mol. The van der Waals surface area contributed by atoms with Crippen LogP contribution in [0.15, 0.2) is 15.9 Å². The van der Waals surface area contributed by atoms with Gasteiger partial charge in [-0.15, -0.1) is 22.7 Å². The first-order valence-corrected chi connectivity index (χ1v) is 8.49. The average molecular weight is 421 g/mol. The number of hydrogen-bond acceptors (Lipinski definition) is 2. The second-order valence-electron chi connectivity index (χ2n) is 3.23. The Morgan fingerprint density at radius 1 is 1.38 bits per heavy atom. The van der Waals surface area contributed by atoms with Crippen LogP contribution in [0.5, 0.6) is 0 Å². The molecule has 0 spiro atoms. The van der Waals surface area contributed by atoms with Crippen molar-refractivity contribution in [3.05, 3.63) is 40.6 Å². The van der Waals surface area contributed by atoms with Gasteiger partial charge in [0.05, 0.1) is 9.85 Å². The summed E-state index contributed by atoms with van der Waals surface area (Å²) in [6, 6.07) is 2.03. The van der Waals surface area contributed by atoms with E-state index in [1.54, 1.807) is 22.7 Å². The fourth-order valence-corrected chi connectivity index (χ4v) is 5.43. The molecule has 2 aromatic heterocycles. The summed E-state index contributed by atoms with van der Waals surface area (Å²) in [5, 5.41) is 2.91. The lowest BCUT2D eigenvalue weighted by Crippen LogP contribution is -1.85. The Kier molecular flexibility index (Phi) is 4.42. The lowest BCUT2D eigenvalue weighted by atomic mass is 10.2. The van der Waals surface area contributed by atoms with E-state index in [2.05, 4.69) is 37.2 Å².